The van der Waals surface area contributed by atoms with Crippen molar-refractivity contribution < 1.29 is 8.91 Å². The van der Waals surface area contributed by atoms with Gasteiger partial charge in [-0.3, -0.25) is 0 Å². The highest BCUT2D eigenvalue weighted by atomic mass is 32.1. The zero-order valence-electron chi connectivity index (χ0n) is 9.48. The first-order valence-corrected chi connectivity index (χ1v) is 5.72. The molecule has 3 rings (SSSR count). The summed E-state index contributed by atoms with van der Waals surface area (Å²) in [5.74, 6) is 0.662. The van der Waals surface area contributed by atoms with E-state index < -0.39 is 0 Å². The molecule has 2 heterocycles. The Morgan fingerprint density at radius 1 is 1.50 bits per heavy atom. The highest BCUT2D eigenvalue weighted by Gasteiger charge is 2.11. The van der Waals surface area contributed by atoms with Crippen molar-refractivity contribution in [1.29, 1.82) is 0 Å². The number of H-pyrrole nitrogens is 1. The van der Waals surface area contributed by atoms with E-state index in [1.807, 2.05) is 0 Å². The summed E-state index contributed by atoms with van der Waals surface area (Å²) in [5, 5.41) is 3.71. The minimum absolute atomic E-state index is 0.323. The smallest absolute Gasteiger partial charge is 0.246 e. The Hall–Kier alpha value is -2.02. The molecule has 1 aromatic carbocycles. The lowest BCUT2D eigenvalue weighted by atomic mass is 10.3. The van der Waals surface area contributed by atoms with Gasteiger partial charge in [-0.25, -0.2) is 4.39 Å². The molecule has 0 bridgehead atoms. The van der Waals surface area contributed by atoms with Gasteiger partial charge in [-0.05, 0) is 31.3 Å². The molecule has 3 aromatic rings. The van der Waals surface area contributed by atoms with Crippen molar-refractivity contribution in [2.75, 3.05) is 0 Å². The first-order chi connectivity index (χ1) is 8.65. The van der Waals surface area contributed by atoms with E-state index in [1.165, 1.54) is 6.07 Å². The van der Waals surface area contributed by atoms with Crippen LogP contribution in [0.1, 0.15) is 11.7 Å². The fraction of sp³-hybridized carbons (Fsp3) is 0.182. The number of aromatic nitrogens is 4. The van der Waals surface area contributed by atoms with E-state index in [9.17, 15) is 4.39 Å². The fourth-order valence-electron chi connectivity index (χ4n) is 1.84. The van der Waals surface area contributed by atoms with Crippen molar-refractivity contribution in [3.05, 3.63) is 40.5 Å². The van der Waals surface area contributed by atoms with E-state index in [2.05, 4.69) is 15.1 Å². The lowest BCUT2D eigenvalue weighted by Gasteiger charge is -1.99. The van der Waals surface area contributed by atoms with Gasteiger partial charge in [0.2, 0.25) is 5.89 Å². The van der Waals surface area contributed by atoms with Crippen LogP contribution >= 0.6 is 12.2 Å². The standard InChI is InChI=1S/C11H9FN4OS/c1-6-13-9(17-15-6)5-16-8-4-2-3-7(12)10(8)14-11(16)18/h2-4H,5H2,1H3,(H,14,18). The van der Waals surface area contributed by atoms with Gasteiger partial charge in [-0.1, -0.05) is 11.2 Å². The number of aryl methyl sites for hydroxylation is 1. The summed E-state index contributed by atoms with van der Waals surface area (Å²) >= 11 is 5.17. The van der Waals surface area contributed by atoms with Gasteiger partial charge >= 0.3 is 0 Å². The Morgan fingerprint density at radius 2 is 2.33 bits per heavy atom. The lowest BCUT2D eigenvalue weighted by molar-refractivity contribution is 0.368. The van der Waals surface area contributed by atoms with Crippen LogP contribution in [0.2, 0.25) is 0 Å². The third-order valence-corrected chi connectivity index (χ3v) is 2.94. The van der Waals surface area contributed by atoms with Crippen LogP contribution in [0.4, 0.5) is 4.39 Å². The second-order valence-electron chi connectivity index (χ2n) is 3.89. The number of hydrogen-bond donors (Lipinski definition) is 1. The number of aromatic amines is 1. The summed E-state index contributed by atoms with van der Waals surface area (Å²) in [5.41, 5.74) is 1.06. The van der Waals surface area contributed by atoms with Crippen molar-refractivity contribution in [2.24, 2.45) is 0 Å². The molecule has 0 unspecified atom stereocenters. The fourth-order valence-corrected chi connectivity index (χ4v) is 2.11. The number of hydrogen-bond acceptors (Lipinski definition) is 4. The Balaban J connectivity index is 2.14. The topological polar surface area (TPSA) is 59.6 Å². The summed E-state index contributed by atoms with van der Waals surface area (Å²) in [6, 6.07) is 4.80. The van der Waals surface area contributed by atoms with Crippen molar-refractivity contribution >= 4 is 23.3 Å². The summed E-state index contributed by atoms with van der Waals surface area (Å²) in [6.45, 7) is 2.06. The van der Waals surface area contributed by atoms with Crippen LogP contribution in [0.25, 0.3) is 11.0 Å². The number of nitrogens with zero attached hydrogens (tertiary/aromatic N) is 3. The van der Waals surface area contributed by atoms with E-state index in [0.717, 1.165) is 0 Å². The third kappa shape index (κ3) is 1.72. The van der Waals surface area contributed by atoms with Crippen LogP contribution in [0.5, 0.6) is 0 Å². The first kappa shape index (κ1) is 11.1. The second-order valence-corrected chi connectivity index (χ2v) is 4.27. The van der Waals surface area contributed by atoms with Crippen LogP contribution < -0.4 is 0 Å². The molecule has 92 valence electrons. The van der Waals surface area contributed by atoms with Crippen molar-refractivity contribution in [1.82, 2.24) is 19.7 Å². The molecule has 0 saturated carbocycles. The molecule has 0 radical (unpaired) electrons. The zero-order valence-corrected chi connectivity index (χ0v) is 10.3. The predicted octanol–water partition coefficient (Wildman–Crippen LogP) is 2.58. The third-order valence-electron chi connectivity index (χ3n) is 2.62. The highest BCUT2D eigenvalue weighted by molar-refractivity contribution is 7.71. The summed E-state index contributed by atoms with van der Waals surface area (Å²) < 4.78 is 20.8. The van der Waals surface area contributed by atoms with E-state index in [-0.39, 0.29) is 5.82 Å². The molecule has 2 aromatic heterocycles. The lowest BCUT2D eigenvalue weighted by Crippen LogP contribution is -2.00. The molecule has 5 nitrogen and oxygen atoms in total. The monoisotopic (exact) mass is 264 g/mol. The first-order valence-electron chi connectivity index (χ1n) is 5.31. The number of para-hydroxylation sites is 1. The second kappa shape index (κ2) is 4.02. The molecular formula is C11H9FN4OS. The number of halogens is 1. The molecule has 0 aliphatic heterocycles. The molecule has 1 N–H and O–H groups in total. The molecule has 18 heavy (non-hydrogen) atoms. The molecule has 0 spiro atoms. The minimum atomic E-state index is -0.334. The normalized spacial score (nSPS) is 11.2. The molecule has 0 saturated heterocycles. The summed E-state index contributed by atoms with van der Waals surface area (Å²) in [7, 11) is 0. The minimum Gasteiger partial charge on any atom is -0.337 e. The van der Waals surface area contributed by atoms with Crippen LogP contribution in [-0.4, -0.2) is 19.7 Å². The number of fused-ring (bicyclic) bond motifs is 1. The Kier molecular flexibility index (Phi) is 2.48. The van der Waals surface area contributed by atoms with Crippen molar-refractivity contribution in [2.45, 2.75) is 13.5 Å². The van der Waals surface area contributed by atoms with E-state index in [4.69, 9.17) is 16.7 Å². The van der Waals surface area contributed by atoms with Gasteiger partial charge in [0.25, 0.3) is 0 Å². The average molecular weight is 264 g/mol. The van der Waals surface area contributed by atoms with E-state index >= 15 is 0 Å². The zero-order chi connectivity index (χ0) is 12.7. The largest absolute Gasteiger partial charge is 0.337 e. The predicted molar refractivity (Wildman–Crippen MR) is 65.2 cm³/mol. The SMILES string of the molecule is Cc1noc(Cn2c(=S)[nH]c3c(F)cccc32)n1. The number of benzene rings is 1. The van der Waals surface area contributed by atoms with Gasteiger partial charge in [-0.2, -0.15) is 4.98 Å². The van der Waals surface area contributed by atoms with Gasteiger partial charge in [0.1, 0.15) is 17.9 Å². The van der Waals surface area contributed by atoms with Gasteiger partial charge < -0.3 is 14.1 Å². The van der Waals surface area contributed by atoms with Crippen LogP contribution in [0.3, 0.4) is 0 Å². The number of nitrogens with one attached hydrogen (secondary N) is 1. The Labute approximate surface area is 106 Å². The van der Waals surface area contributed by atoms with Crippen molar-refractivity contribution in [3.63, 3.8) is 0 Å². The molecular weight excluding hydrogens is 255 g/mol. The average Bonchev–Trinajstić information content (AvgIpc) is 2.87. The van der Waals surface area contributed by atoms with E-state index in [0.29, 0.717) is 34.1 Å². The molecule has 7 heteroatoms. The Bertz CT molecular complexity index is 773. The van der Waals surface area contributed by atoms with Gasteiger partial charge in [0.05, 0.1) is 5.52 Å². The van der Waals surface area contributed by atoms with Crippen LogP contribution in [0.15, 0.2) is 22.7 Å². The van der Waals surface area contributed by atoms with Crippen LogP contribution in [0, 0.1) is 17.5 Å². The molecule has 0 amide bonds. The number of imidazole rings is 1. The van der Waals surface area contributed by atoms with Gasteiger partial charge in [0, 0.05) is 0 Å². The maximum atomic E-state index is 13.6. The molecule has 0 fully saturated rings. The summed E-state index contributed by atoms with van der Waals surface area (Å²) in [4.78, 5) is 6.94. The highest BCUT2D eigenvalue weighted by Crippen LogP contribution is 2.18. The number of rotatable bonds is 2. The molecule has 0 aliphatic carbocycles. The van der Waals surface area contributed by atoms with Crippen LogP contribution in [-0.2, 0) is 6.54 Å². The summed E-state index contributed by atoms with van der Waals surface area (Å²) in [6.07, 6.45) is 0. The molecule has 0 atom stereocenters. The molecule has 0 aliphatic rings. The van der Waals surface area contributed by atoms with Gasteiger partial charge in [0.15, 0.2) is 10.6 Å². The quantitative estimate of drug-likeness (QED) is 0.723. The maximum Gasteiger partial charge on any atom is 0.246 e. The maximum absolute atomic E-state index is 13.6. The Morgan fingerprint density at radius 3 is 3.06 bits per heavy atom. The van der Waals surface area contributed by atoms with Crippen molar-refractivity contribution in [3.8, 4) is 0 Å². The van der Waals surface area contributed by atoms with Gasteiger partial charge in [-0.15, -0.1) is 0 Å². The van der Waals surface area contributed by atoms with E-state index in [1.54, 1.807) is 23.6 Å².